The van der Waals surface area contributed by atoms with Crippen LogP contribution in [0.15, 0.2) is 53.2 Å². The molecule has 10 heteroatoms. The number of fused-ring (bicyclic) bond motifs is 1. The van der Waals surface area contributed by atoms with Gasteiger partial charge in [-0.15, -0.1) is 0 Å². The second kappa shape index (κ2) is 6.83. The molecule has 0 amide bonds. The molecule has 0 saturated carbocycles. The fourth-order valence-corrected chi connectivity index (χ4v) is 3.38. The molecule has 150 valence electrons. The third kappa shape index (κ3) is 2.84. The lowest BCUT2D eigenvalue weighted by Crippen LogP contribution is -2.00. The molecular weight excluding hydrogens is 392 g/mol. The van der Waals surface area contributed by atoms with Crippen molar-refractivity contribution < 1.29 is 13.3 Å². The highest BCUT2D eigenvalue weighted by Gasteiger charge is 2.27. The number of para-hydroxylation sites is 1. The number of alkyl halides is 2. The Bertz CT molecular complexity index is 1350. The molecule has 0 saturated heterocycles. The third-order valence-corrected chi connectivity index (χ3v) is 4.71. The summed E-state index contributed by atoms with van der Waals surface area (Å²) in [5, 5.41) is 12.3. The Morgan fingerprint density at radius 1 is 1.07 bits per heavy atom. The SMILES string of the molecule is Cc1noc(-c2cc(-c3ccnn3C)nc3c2c(C(F)F)nn3-c2ccccc2)n1. The smallest absolute Gasteiger partial charge is 0.282 e. The topological polar surface area (TPSA) is 87.5 Å². The molecule has 0 spiro atoms. The summed E-state index contributed by atoms with van der Waals surface area (Å²) in [4.78, 5) is 8.92. The van der Waals surface area contributed by atoms with E-state index in [0.717, 1.165) is 0 Å². The normalized spacial score (nSPS) is 11.6. The van der Waals surface area contributed by atoms with Crippen molar-refractivity contribution in [2.45, 2.75) is 13.3 Å². The average molecular weight is 407 g/mol. The maximum Gasteiger partial charge on any atom is 0.282 e. The van der Waals surface area contributed by atoms with Crippen LogP contribution in [-0.2, 0) is 7.05 Å². The van der Waals surface area contributed by atoms with E-state index in [9.17, 15) is 8.78 Å². The molecular formula is C20H15F2N7O. The van der Waals surface area contributed by atoms with Crippen LogP contribution in [0.1, 0.15) is 17.9 Å². The molecule has 0 N–H and O–H groups in total. The maximum atomic E-state index is 14.0. The number of pyridine rings is 1. The van der Waals surface area contributed by atoms with Crippen LogP contribution in [0.5, 0.6) is 0 Å². The number of aryl methyl sites for hydroxylation is 2. The van der Waals surface area contributed by atoms with Crippen LogP contribution in [0.4, 0.5) is 8.78 Å². The zero-order valence-corrected chi connectivity index (χ0v) is 16.0. The van der Waals surface area contributed by atoms with Crippen LogP contribution in [0.2, 0.25) is 0 Å². The number of hydrogen-bond donors (Lipinski definition) is 0. The van der Waals surface area contributed by atoms with Crippen molar-refractivity contribution in [1.82, 2.24) is 34.7 Å². The molecule has 1 aromatic carbocycles. The Morgan fingerprint density at radius 3 is 2.50 bits per heavy atom. The van der Waals surface area contributed by atoms with E-state index < -0.39 is 12.1 Å². The number of aromatic nitrogens is 7. The molecule has 30 heavy (non-hydrogen) atoms. The van der Waals surface area contributed by atoms with Crippen LogP contribution < -0.4 is 0 Å². The van der Waals surface area contributed by atoms with Crippen molar-refractivity contribution in [3.8, 4) is 28.5 Å². The Kier molecular flexibility index (Phi) is 4.12. The largest absolute Gasteiger partial charge is 0.334 e. The van der Waals surface area contributed by atoms with E-state index in [1.54, 1.807) is 61.2 Å². The standard InChI is InChI=1S/C20H15F2N7O/c1-11-24-20(30-27-11)13-10-14(15-8-9-23-28(15)2)25-19-16(13)17(18(21)22)26-29(19)12-6-4-3-5-7-12/h3-10,18H,1-2H3. The van der Waals surface area contributed by atoms with Gasteiger partial charge in [-0.2, -0.15) is 15.2 Å². The van der Waals surface area contributed by atoms with Crippen molar-refractivity contribution in [3.05, 3.63) is 60.2 Å². The van der Waals surface area contributed by atoms with Crippen molar-refractivity contribution in [2.24, 2.45) is 7.05 Å². The van der Waals surface area contributed by atoms with Crippen molar-refractivity contribution in [1.29, 1.82) is 0 Å². The molecule has 0 aliphatic carbocycles. The minimum absolute atomic E-state index is 0.123. The van der Waals surface area contributed by atoms with Crippen LogP contribution in [-0.4, -0.2) is 34.7 Å². The second-order valence-corrected chi connectivity index (χ2v) is 6.67. The predicted molar refractivity (Wildman–Crippen MR) is 104 cm³/mol. The highest BCUT2D eigenvalue weighted by atomic mass is 19.3. The van der Waals surface area contributed by atoms with E-state index in [2.05, 4.69) is 25.3 Å². The Labute approximate surface area is 168 Å². The predicted octanol–water partition coefficient (Wildman–Crippen LogP) is 4.12. The van der Waals surface area contributed by atoms with Gasteiger partial charge >= 0.3 is 0 Å². The van der Waals surface area contributed by atoms with Crippen molar-refractivity contribution in [2.75, 3.05) is 0 Å². The first-order chi connectivity index (χ1) is 14.5. The summed E-state index contributed by atoms with van der Waals surface area (Å²) in [6, 6.07) is 12.4. The molecule has 4 heterocycles. The number of rotatable bonds is 4. The van der Waals surface area contributed by atoms with Crippen molar-refractivity contribution >= 4 is 11.0 Å². The monoisotopic (exact) mass is 407 g/mol. The highest BCUT2D eigenvalue weighted by molar-refractivity contribution is 5.95. The van der Waals surface area contributed by atoms with Gasteiger partial charge in [0, 0.05) is 13.2 Å². The summed E-state index contributed by atoms with van der Waals surface area (Å²) in [5.74, 6) is 0.518. The first-order valence-corrected chi connectivity index (χ1v) is 9.09. The molecule has 5 aromatic rings. The van der Waals surface area contributed by atoms with E-state index >= 15 is 0 Å². The zero-order chi connectivity index (χ0) is 20.8. The molecule has 8 nitrogen and oxygen atoms in total. The minimum atomic E-state index is -2.82. The van der Waals surface area contributed by atoms with E-state index in [-0.39, 0.29) is 16.9 Å². The van der Waals surface area contributed by atoms with Gasteiger partial charge in [0.15, 0.2) is 11.5 Å². The lowest BCUT2D eigenvalue weighted by molar-refractivity contribution is 0.147. The highest BCUT2D eigenvalue weighted by Crippen LogP contribution is 2.37. The molecule has 0 radical (unpaired) electrons. The minimum Gasteiger partial charge on any atom is -0.334 e. The van der Waals surface area contributed by atoms with Gasteiger partial charge < -0.3 is 4.52 Å². The van der Waals surface area contributed by atoms with Gasteiger partial charge in [0.05, 0.1) is 28.0 Å². The molecule has 0 unspecified atom stereocenters. The summed E-state index contributed by atoms with van der Waals surface area (Å²) in [6.45, 7) is 1.66. The number of nitrogens with zero attached hydrogens (tertiary/aromatic N) is 7. The Morgan fingerprint density at radius 2 is 1.87 bits per heavy atom. The summed E-state index contributed by atoms with van der Waals surface area (Å²) in [6.07, 6.45) is -1.18. The average Bonchev–Trinajstić information content (AvgIpc) is 3.46. The maximum absolute atomic E-state index is 14.0. The van der Waals surface area contributed by atoms with Gasteiger partial charge in [0.1, 0.15) is 5.69 Å². The van der Waals surface area contributed by atoms with Crippen molar-refractivity contribution in [3.63, 3.8) is 0 Å². The molecule has 0 fully saturated rings. The Hall–Kier alpha value is -3.95. The quantitative estimate of drug-likeness (QED) is 0.445. The van der Waals surface area contributed by atoms with Gasteiger partial charge in [-0.25, -0.2) is 18.4 Å². The van der Waals surface area contributed by atoms with Gasteiger partial charge in [0.2, 0.25) is 0 Å². The summed E-state index contributed by atoms with van der Waals surface area (Å²) < 4.78 is 36.3. The third-order valence-electron chi connectivity index (χ3n) is 4.71. The van der Waals surface area contributed by atoms with Crippen LogP contribution in [0.3, 0.4) is 0 Å². The van der Waals surface area contributed by atoms with E-state index in [1.165, 1.54) is 4.68 Å². The lowest BCUT2D eigenvalue weighted by Gasteiger charge is -2.07. The Balaban J connectivity index is 1.91. The van der Waals surface area contributed by atoms with E-state index in [1.807, 2.05) is 6.07 Å². The molecule has 0 aliphatic rings. The molecule has 5 rings (SSSR count). The fourth-order valence-electron chi connectivity index (χ4n) is 3.38. The number of halogens is 2. The summed E-state index contributed by atoms with van der Waals surface area (Å²) in [7, 11) is 1.77. The molecule has 0 bridgehead atoms. The van der Waals surface area contributed by atoms with Gasteiger partial charge in [-0.05, 0) is 31.2 Å². The van der Waals surface area contributed by atoms with E-state index in [0.29, 0.717) is 28.5 Å². The second-order valence-electron chi connectivity index (χ2n) is 6.67. The fraction of sp³-hybridized carbons (Fsp3) is 0.150. The first kappa shape index (κ1) is 18.1. The van der Waals surface area contributed by atoms with Crippen LogP contribution in [0.25, 0.3) is 39.6 Å². The number of hydrogen-bond acceptors (Lipinski definition) is 6. The molecule has 0 atom stereocenters. The van der Waals surface area contributed by atoms with Crippen LogP contribution in [0, 0.1) is 6.92 Å². The molecule has 0 aliphatic heterocycles. The lowest BCUT2D eigenvalue weighted by atomic mass is 10.1. The summed E-state index contributed by atoms with van der Waals surface area (Å²) >= 11 is 0. The van der Waals surface area contributed by atoms with Gasteiger partial charge in [-0.1, -0.05) is 23.4 Å². The first-order valence-electron chi connectivity index (χ1n) is 9.09. The number of benzene rings is 1. The van der Waals surface area contributed by atoms with Gasteiger partial charge in [-0.3, -0.25) is 4.68 Å². The molecule has 4 aromatic heterocycles. The van der Waals surface area contributed by atoms with Crippen LogP contribution >= 0.6 is 0 Å². The zero-order valence-electron chi connectivity index (χ0n) is 16.0. The summed E-state index contributed by atoms with van der Waals surface area (Å²) in [5.41, 5.74) is 2.04. The van der Waals surface area contributed by atoms with Gasteiger partial charge in [0.25, 0.3) is 12.3 Å². The van der Waals surface area contributed by atoms with E-state index in [4.69, 9.17) is 4.52 Å².